The highest BCUT2D eigenvalue weighted by Gasteiger charge is 2.30. The SMILES string of the molecule is CC(C)OCC(O)CN1CC(n2cc(C(=O)O)nn2)C1. The van der Waals surface area contributed by atoms with Crippen molar-refractivity contribution in [3.63, 3.8) is 0 Å². The van der Waals surface area contributed by atoms with Crippen LogP contribution in [0.15, 0.2) is 6.20 Å². The number of aliphatic hydroxyl groups excluding tert-OH is 1. The van der Waals surface area contributed by atoms with Crippen LogP contribution >= 0.6 is 0 Å². The number of hydrogen-bond acceptors (Lipinski definition) is 6. The number of aromatic nitrogens is 3. The Labute approximate surface area is 116 Å². The van der Waals surface area contributed by atoms with E-state index < -0.39 is 12.1 Å². The summed E-state index contributed by atoms with van der Waals surface area (Å²) in [5.74, 6) is -1.08. The highest BCUT2D eigenvalue weighted by Crippen LogP contribution is 2.20. The third-order valence-electron chi connectivity index (χ3n) is 3.13. The van der Waals surface area contributed by atoms with Gasteiger partial charge in [-0.05, 0) is 13.8 Å². The number of ether oxygens (including phenoxy) is 1. The summed E-state index contributed by atoms with van der Waals surface area (Å²) in [6, 6.07) is 0.119. The molecule has 1 aliphatic rings. The van der Waals surface area contributed by atoms with E-state index in [9.17, 15) is 9.90 Å². The third-order valence-corrected chi connectivity index (χ3v) is 3.13. The van der Waals surface area contributed by atoms with Crippen LogP contribution in [-0.4, -0.2) is 74.5 Å². The molecule has 2 N–H and O–H groups in total. The van der Waals surface area contributed by atoms with Crippen molar-refractivity contribution in [2.45, 2.75) is 32.1 Å². The number of carbonyl (C=O) groups is 1. The van der Waals surface area contributed by atoms with E-state index in [1.807, 2.05) is 13.8 Å². The summed E-state index contributed by atoms with van der Waals surface area (Å²) in [5, 5.41) is 25.9. The zero-order chi connectivity index (χ0) is 14.7. The normalized spacial score (nSPS) is 18.2. The smallest absolute Gasteiger partial charge is 0.358 e. The Morgan fingerprint density at radius 3 is 2.80 bits per heavy atom. The maximum Gasteiger partial charge on any atom is 0.358 e. The van der Waals surface area contributed by atoms with Crippen molar-refractivity contribution in [3.8, 4) is 0 Å². The van der Waals surface area contributed by atoms with Gasteiger partial charge in [-0.1, -0.05) is 5.21 Å². The number of carboxylic acids is 1. The summed E-state index contributed by atoms with van der Waals surface area (Å²) in [4.78, 5) is 12.8. The van der Waals surface area contributed by atoms with Gasteiger partial charge in [0.05, 0.1) is 31.1 Å². The van der Waals surface area contributed by atoms with Crippen molar-refractivity contribution >= 4 is 5.97 Å². The van der Waals surface area contributed by atoms with Crippen molar-refractivity contribution in [1.29, 1.82) is 0 Å². The van der Waals surface area contributed by atoms with Crippen LogP contribution in [0.25, 0.3) is 0 Å². The second-order valence-electron chi connectivity index (χ2n) is 5.30. The van der Waals surface area contributed by atoms with Gasteiger partial charge in [0.2, 0.25) is 0 Å². The van der Waals surface area contributed by atoms with Gasteiger partial charge >= 0.3 is 5.97 Å². The maximum absolute atomic E-state index is 10.7. The molecule has 20 heavy (non-hydrogen) atoms. The number of nitrogens with zero attached hydrogens (tertiary/aromatic N) is 4. The molecule has 0 spiro atoms. The van der Waals surface area contributed by atoms with Crippen LogP contribution in [0.2, 0.25) is 0 Å². The van der Waals surface area contributed by atoms with E-state index in [0.29, 0.717) is 13.2 Å². The van der Waals surface area contributed by atoms with Gasteiger partial charge < -0.3 is 14.9 Å². The Hall–Kier alpha value is -1.51. The Balaban J connectivity index is 1.72. The lowest BCUT2D eigenvalue weighted by Gasteiger charge is -2.39. The number of aliphatic hydroxyl groups is 1. The molecule has 8 nitrogen and oxygen atoms in total. The number of carboxylic acid groups (broad SMARTS) is 1. The average molecular weight is 284 g/mol. The maximum atomic E-state index is 10.7. The Morgan fingerprint density at radius 2 is 2.25 bits per heavy atom. The molecule has 0 bridgehead atoms. The Morgan fingerprint density at radius 1 is 1.55 bits per heavy atom. The first kappa shape index (κ1) is 14.9. The third kappa shape index (κ3) is 3.75. The fourth-order valence-electron chi connectivity index (χ4n) is 2.07. The van der Waals surface area contributed by atoms with Crippen molar-refractivity contribution in [2.75, 3.05) is 26.2 Å². The summed E-state index contributed by atoms with van der Waals surface area (Å²) in [6.45, 7) is 6.17. The molecule has 112 valence electrons. The van der Waals surface area contributed by atoms with Gasteiger partial charge in [-0.25, -0.2) is 9.48 Å². The van der Waals surface area contributed by atoms with Crippen LogP contribution in [0.4, 0.5) is 0 Å². The van der Waals surface area contributed by atoms with E-state index in [4.69, 9.17) is 9.84 Å². The fourth-order valence-corrected chi connectivity index (χ4v) is 2.07. The summed E-state index contributed by atoms with van der Waals surface area (Å²) < 4.78 is 6.91. The molecule has 1 saturated heterocycles. The van der Waals surface area contributed by atoms with Crippen LogP contribution in [0, 0.1) is 0 Å². The topological polar surface area (TPSA) is 101 Å². The van der Waals surface area contributed by atoms with Crippen molar-refractivity contribution in [1.82, 2.24) is 19.9 Å². The molecule has 0 aliphatic carbocycles. The van der Waals surface area contributed by atoms with Gasteiger partial charge in [-0.2, -0.15) is 0 Å². The van der Waals surface area contributed by atoms with Gasteiger partial charge in [-0.15, -0.1) is 5.10 Å². The minimum Gasteiger partial charge on any atom is -0.476 e. The number of likely N-dealkylation sites (tertiary alicyclic amines) is 1. The monoisotopic (exact) mass is 284 g/mol. The zero-order valence-corrected chi connectivity index (χ0v) is 11.6. The first-order valence-electron chi connectivity index (χ1n) is 6.63. The molecule has 1 aliphatic heterocycles. The number of rotatable bonds is 7. The standard InChI is InChI=1S/C12H20N4O4/c1-8(2)20-7-10(17)5-15-3-9(4-15)16-6-11(12(18)19)13-14-16/h6,8-10,17H,3-5,7H2,1-2H3,(H,18,19). The number of hydrogen-bond donors (Lipinski definition) is 2. The van der Waals surface area contributed by atoms with Gasteiger partial charge in [0.1, 0.15) is 0 Å². The molecule has 0 radical (unpaired) electrons. The van der Waals surface area contributed by atoms with E-state index in [0.717, 1.165) is 13.1 Å². The van der Waals surface area contributed by atoms with Gasteiger partial charge in [0, 0.05) is 19.6 Å². The summed E-state index contributed by atoms with van der Waals surface area (Å²) in [7, 11) is 0. The lowest BCUT2D eigenvalue weighted by molar-refractivity contribution is -0.0262. The Bertz CT molecular complexity index is 456. The first-order valence-corrected chi connectivity index (χ1v) is 6.63. The molecule has 1 atom stereocenters. The predicted octanol–water partition coefficient (Wildman–Crippen LogP) is -0.381. The summed E-state index contributed by atoms with van der Waals surface area (Å²) in [5.41, 5.74) is -0.0474. The molecular weight excluding hydrogens is 264 g/mol. The zero-order valence-electron chi connectivity index (χ0n) is 11.6. The van der Waals surface area contributed by atoms with Crippen molar-refractivity contribution < 1.29 is 19.7 Å². The molecular formula is C12H20N4O4. The molecule has 1 fully saturated rings. The molecule has 1 unspecified atom stereocenters. The van der Waals surface area contributed by atoms with Crippen molar-refractivity contribution in [3.05, 3.63) is 11.9 Å². The molecule has 2 heterocycles. The van der Waals surface area contributed by atoms with Crippen LogP contribution in [-0.2, 0) is 4.74 Å². The van der Waals surface area contributed by atoms with E-state index >= 15 is 0 Å². The van der Waals surface area contributed by atoms with Crippen molar-refractivity contribution in [2.24, 2.45) is 0 Å². The highest BCUT2D eigenvalue weighted by atomic mass is 16.5. The van der Waals surface area contributed by atoms with E-state index in [1.54, 1.807) is 4.68 Å². The van der Waals surface area contributed by atoms with Crippen LogP contribution in [0.5, 0.6) is 0 Å². The highest BCUT2D eigenvalue weighted by molar-refractivity contribution is 5.84. The second kappa shape index (κ2) is 6.29. The fraction of sp³-hybridized carbons (Fsp3) is 0.750. The minimum absolute atomic E-state index is 0.0474. The molecule has 8 heteroatoms. The largest absolute Gasteiger partial charge is 0.476 e. The molecule has 0 aromatic carbocycles. The second-order valence-corrected chi connectivity index (χ2v) is 5.30. The van der Waals surface area contributed by atoms with Gasteiger partial charge in [0.25, 0.3) is 0 Å². The summed E-state index contributed by atoms with van der Waals surface area (Å²) >= 11 is 0. The van der Waals surface area contributed by atoms with Gasteiger partial charge in [-0.3, -0.25) is 4.90 Å². The van der Waals surface area contributed by atoms with E-state index in [-0.39, 0.29) is 17.8 Å². The molecule has 0 saturated carbocycles. The average Bonchev–Trinajstić information content (AvgIpc) is 2.79. The lowest BCUT2D eigenvalue weighted by Crippen LogP contribution is -2.51. The van der Waals surface area contributed by atoms with Crippen LogP contribution < -0.4 is 0 Å². The van der Waals surface area contributed by atoms with Crippen LogP contribution in [0.1, 0.15) is 30.4 Å². The Kier molecular flexibility index (Phi) is 4.69. The minimum atomic E-state index is -1.08. The van der Waals surface area contributed by atoms with Gasteiger partial charge in [0.15, 0.2) is 5.69 Å². The van der Waals surface area contributed by atoms with E-state index in [1.165, 1.54) is 6.20 Å². The molecule has 2 rings (SSSR count). The molecule has 0 amide bonds. The van der Waals surface area contributed by atoms with E-state index in [2.05, 4.69) is 15.2 Å². The summed E-state index contributed by atoms with van der Waals surface area (Å²) in [6.07, 6.45) is 1.03. The first-order chi connectivity index (χ1) is 9.45. The molecule has 1 aromatic rings. The molecule has 1 aromatic heterocycles. The van der Waals surface area contributed by atoms with Crippen LogP contribution in [0.3, 0.4) is 0 Å². The predicted molar refractivity (Wildman–Crippen MR) is 69.6 cm³/mol. The number of β-amino-alcohol motifs (C(OH)–C–C–N with tert-alkyl or cyclic N) is 1. The quantitative estimate of drug-likeness (QED) is 0.703. The lowest BCUT2D eigenvalue weighted by atomic mass is 10.1. The number of aromatic carboxylic acids is 1.